The van der Waals surface area contributed by atoms with Crippen molar-refractivity contribution in [3.8, 4) is 0 Å². The monoisotopic (exact) mass is 251 g/mol. The van der Waals surface area contributed by atoms with Crippen molar-refractivity contribution in [3.05, 3.63) is 23.8 Å². The number of ether oxygens (including phenoxy) is 1. The van der Waals surface area contributed by atoms with Gasteiger partial charge in [0.1, 0.15) is 0 Å². The van der Waals surface area contributed by atoms with Crippen molar-refractivity contribution in [1.29, 1.82) is 0 Å². The van der Waals surface area contributed by atoms with Gasteiger partial charge in [-0.05, 0) is 31.5 Å². The summed E-state index contributed by atoms with van der Waals surface area (Å²) in [5.74, 6) is 0.788. The van der Waals surface area contributed by atoms with Crippen molar-refractivity contribution >= 4 is 23.4 Å². The van der Waals surface area contributed by atoms with Gasteiger partial charge in [0.25, 0.3) is 0 Å². The minimum Gasteiger partial charge on any atom is -0.466 e. The van der Waals surface area contributed by atoms with E-state index in [1.165, 1.54) is 10.5 Å². The molecule has 4 heteroatoms. The summed E-state index contributed by atoms with van der Waals surface area (Å²) in [6.45, 7) is 4.37. The molecule has 1 aromatic carbocycles. The van der Waals surface area contributed by atoms with Crippen molar-refractivity contribution in [2.75, 3.05) is 17.7 Å². The molecule has 1 aliphatic rings. The third kappa shape index (κ3) is 3.16. The summed E-state index contributed by atoms with van der Waals surface area (Å²) in [7, 11) is 0. The summed E-state index contributed by atoms with van der Waals surface area (Å²) in [4.78, 5) is 12.7. The van der Waals surface area contributed by atoms with Crippen LogP contribution < -0.4 is 5.32 Å². The summed E-state index contributed by atoms with van der Waals surface area (Å²) in [6.07, 6.45) is 0.439. The predicted octanol–water partition coefficient (Wildman–Crippen LogP) is 2.83. The number of fused-ring (bicyclic) bond motifs is 1. The van der Waals surface area contributed by atoms with Crippen molar-refractivity contribution in [2.24, 2.45) is 0 Å². The number of thioether (sulfide) groups is 1. The van der Waals surface area contributed by atoms with E-state index in [0.717, 1.165) is 11.4 Å². The molecule has 1 heterocycles. The highest BCUT2D eigenvalue weighted by Crippen LogP contribution is 2.34. The van der Waals surface area contributed by atoms with Gasteiger partial charge in [-0.2, -0.15) is 0 Å². The van der Waals surface area contributed by atoms with Gasteiger partial charge in [-0.25, -0.2) is 0 Å². The number of carbonyl (C=O) groups is 1. The van der Waals surface area contributed by atoms with E-state index in [2.05, 4.69) is 30.4 Å². The number of nitrogens with one attached hydrogen (secondary N) is 1. The molecule has 2 rings (SSSR count). The summed E-state index contributed by atoms with van der Waals surface area (Å²) >= 11 is 1.80. The maximum Gasteiger partial charge on any atom is 0.307 e. The second-order valence-electron chi connectivity index (χ2n) is 4.16. The van der Waals surface area contributed by atoms with E-state index >= 15 is 0 Å². The number of hydrogen-bond donors (Lipinski definition) is 1. The molecule has 1 N–H and O–H groups in total. The molecule has 3 nitrogen and oxygen atoms in total. The van der Waals surface area contributed by atoms with Crippen molar-refractivity contribution in [1.82, 2.24) is 0 Å². The van der Waals surface area contributed by atoms with E-state index in [0.29, 0.717) is 13.0 Å². The van der Waals surface area contributed by atoms with Gasteiger partial charge >= 0.3 is 5.97 Å². The lowest BCUT2D eigenvalue weighted by Gasteiger charge is -2.26. The number of benzene rings is 1. The Morgan fingerprint density at radius 3 is 3.18 bits per heavy atom. The van der Waals surface area contributed by atoms with Crippen molar-refractivity contribution in [3.63, 3.8) is 0 Å². The molecule has 1 aliphatic heterocycles. The fraction of sp³-hybridized carbons (Fsp3) is 0.462. The van der Waals surface area contributed by atoms with Crippen LogP contribution in [-0.4, -0.2) is 24.4 Å². The standard InChI is InChI=1S/C13H17NO2S/c1-3-16-13(15)7-10-8-17-12-6-9(2)4-5-11(12)14-10/h4-6,10,14H,3,7-8H2,1-2H3. The van der Waals surface area contributed by atoms with Crippen molar-refractivity contribution < 1.29 is 9.53 Å². The van der Waals surface area contributed by atoms with E-state index in [1.807, 2.05) is 6.92 Å². The number of rotatable bonds is 3. The van der Waals surface area contributed by atoms with Crippen molar-refractivity contribution in [2.45, 2.75) is 31.2 Å². The average Bonchev–Trinajstić information content (AvgIpc) is 2.29. The average molecular weight is 251 g/mol. The van der Waals surface area contributed by atoms with Gasteiger partial charge in [0.2, 0.25) is 0 Å². The van der Waals surface area contributed by atoms with Gasteiger partial charge in [-0.3, -0.25) is 4.79 Å². The first-order valence-electron chi connectivity index (χ1n) is 5.84. The van der Waals surface area contributed by atoms with Crippen LogP contribution in [0.5, 0.6) is 0 Å². The van der Waals surface area contributed by atoms with Crippen LogP contribution in [-0.2, 0) is 9.53 Å². The van der Waals surface area contributed by atoms with Crippen LogP contribution in [0.4, 0.5) is 5.69 Å². The van der Waals surface area contributed by atoms with E-state index in [4.69, 9.17) is 4.74 Å². The molecule has 1 atom stereocenters. The minimum atomic E-state index is -0.124. The van der Waals surface area contributed by atoms with Gasteiger partial charge in [-0.1, -0.05) is 6.07 Å². The van der Waals surface area contributed by atoms with E-state index in [9.17, 15) is 4.79 Å². The third-order valence-corrected chi connectivity index (χ3v) is 3.87. The lowest BCUT2D eigenvalue weighted by Crippen LogP contribution is -2.29. The Balaban J connectivity index is 1.99. The number of aryl methyl sites for hydroxylation is 1. The van der Waals surface area contributed by atoms with Gasteiger partial charge in [0.05, 0.1) is 13.0 Å². The maximum atomic E-state index is 11.4. The molecule has 17 heavy (non-hydrogen) atoms. The Morgan fingerprint density at radius 1 is 1.59 bits per heavy atom. The van der Waals surface area contributed by atoms with Crippen LogP contribution in [0.2, 0.25) is 0 Å². The molecule has 0 saturated heterocycles. The first kappa shape index (κ1) is 12.3. The number of anilines is 1. The summed E-state index contributed by atoms with van der Waals surface area (Å²) in [5.41, 5.74) is 2.39. The quantitative estimate of drug-likeness (QED) is 0.838. The molecule has 0 aromatic heterocycles. The molecule has 1 aromatic rings. The maximum absolute atomic E-state index is 11.4. The molecule has 0 saturated carbocycles. The fourth-order valence-electron chi connectivity index (χ4n) is 1.85. The van der Waals surface area contributed by atoms with E-state index < -0.39 is 0 Å². The molecule has 0 amide bonds. The summed E-state index contributed by atoms with van der Waals surface area (Å²) in [6, 6.07) is 6.51. The van der Waals surface area contributed by atoms with Crippen LogP contribution in [0, 0.1) is 6.92 Å². The molecule has 0 aliphatic carbocycles. The van der Waals surface area contributed by atoms with Crippen LogP contribution >= 0.6 is 11.8 Å². The fourth-order valence-corrected chi connectivity index (χ4v) is 2.98. The van der Waals surface area contributed by atoms with Crippen LogP contribution in [0.1, 0.15) is 18.9 Å². The zero-order valence-electron chi connectivity index (χ0n) is 10.2. The molecule has 0 fully saturated rings. The Hall–Kier alpha value is -1.16. The third-order valence-electron chi connectivity index (χ3n) is 2.66. The summed E-state index contributed by atoms with van der Waals surface area (Å²) in [5, 5.41) is 3.39. The van der Waals surface area contributed by atoms with Gasteiger partial charge in [0.15, 0.2) is 0 Å². The Morgan fingerprint density at radius 2 is 2.41 bits per heavy atom. The highest BCUT2D eigenvalue weighted by molar-refractivity contribution is 7.99. The molecule has 0 spiro atoms. The molecular weight excluding hydrogens is 234 g/mol. The van der Waals surface area contributed by atoms with E-state index in [-0.39, 0.29) is 12.0 Å². The summed E-state index contributed by atoms with van der Waals surface area (Å²) < 4.78 is 4.96. The minimum absolute atomic E-state index is 0.124. The Bertz CT molecular complexity index is 420. The Kier molecular flexibility index (Phi) is 3.94. The normalized spacial score (nSPS) is 18.1. The second kappa shape index (κ2) is 5.45. The topological polar surface area (TPSA) is 38.3 Å². The first-order chi connectivity index (χ1) is 8.19. The van der Waals surface area contributed by atoms with Gasteiger partial charge in [-0.15, -0.1) is 11.8 Å². The molecule has 0 radical (unpaired) electrons. The lowest BCUT2D eigenvalue weighted by molar-refractivity contribution is -0.143. The molecular formula is C13H17NO2S. The SMILES string of the molecule is CCOC(=O)CC1CSc2cc(C)ccc2N1. The second-order valence-corrected chi connectivity index (χ2v) is 5.22. The van der Waals surface area contributed by atoms with Crippen LogP contribution in [0.25, 0.3) is 0 Å². The highest BCUT2D eigenvalue weighted by Gasteiger charge is 2.21. The predicted molar refractivity (Wildman–Crippen MR) is 70.6 cm³/mol. The Labute approximate surface area is 106 Å². The number of esters is 1. The van der Waals surface area contributed by atoms with Gasteiger partial charge < -0.3 is 10.1 Å². The smallest absolute Gasteiger partial charge is 0.307 e. The zero-order chi connectivity index (χ0) is 12.3. The zero-order valence-corrected chi connectivity index (χ0v) is 11.0. The largest absolute Gasteiger partial charge is 0.466 e. The molecule has 1 unspecified atom stereocenters. The lowest BCUT2D eigenvalue weighted by atomic mass is 10.2. The molecule has 92 valence electrons. The van der Waals surface area contributed by atoms with Crippen LogP contribution in [0.15, 0.2) is 23.1 Å². The molecule has 0 bridgehead atoms. The number of carbonyl (C=O) groups excluding carboxylic acids is 1. The van der Waals surface area contributed by atoms with E-state index in [1.54, 1.807) is 11.8 Å². The van der Waals surface area contributed by atoms with Gasteiger partial charge in [0, 0.05) is 22.4 Å². The van der Waals surface area contributed by atoms with Crippen LogP contribution in [0.3, 0.4) is 0 Å². The first-order valence-corrected chi connectivity index (χ1v) is 6.83. The highest BCUT2D eigenvalue weighted by atomic mass is 32.2. The number of hydrogen-bond acceptors (Lipinski definition) is 4.